The highest BCUT2D eigenvalue weighted by molar-refractivity contribution is 6.08. The van der Waals surface area contributed by atoms with Gasteiger partial charge in [0.25, 0.3) is 0 Å². The fourth-order valence-electron chi connectivity index (χ4n) is 4.42. The molecule has 144 valence electrons. The monoisotopic (exact) mass is 379 g/mol. The summed E-state index contributed by atoms with van der Waals surface area (Å²) in [5.41, 5.74) is 1.94. The smallest absolute Gasteiger partial charge is 0.321 e. The van der Waals surface area contributed by atoms with E-state index < -0.39 is 5.41 Å². The molecule has 28 heavy (non-hydrogen) atoms. The number of carbonyl (C=O) groups excluding carboxylic acids is 2. The number of likely N-dealkylation sites (tertiary alicyclic amines) is 1. The van der Waals surface area contributed by atoms with Crippen molar-refractivity contribution in [3.05, 3.63) is 48.0 Å². The Morgan fingerprint density at radius 1 is 1.11 bits per heavy atom. The maximum Gasteiger partial charge on any atom is 0.321 e. The third kappa shape index (κ3) is 2.42. The molecule has 2 aromatic carbocycles. The molecule has 0 aliphatic carbocycles. The molecule has 1 atom stereocenters. The van der Waals surface area contributed by atoms with Gasteiger partial charge in [-0.3, -0.25) is 4.79 Å². The number of benzene rings is 2. The van der Waals surface area contributed by atoms with Crippen LogP contribution in [0.25, 0.3) is 0 Å². The predicted octanol–water partition coefficient (Wildman–Crippen LogP) is 2.61. The second-order valence-corrected chi connectivity index (χ2v) is 7.42. The Kier molecular flexibility index (Phi) is 3.72. The van der Waals surface area contributed by atoms with E-state index >= 15 is 0 Å². The minimum absolute atomic E-state index is 0.0586. The van der Waals surface area contributed by atoms with Gasteiger partial charge in [-0.1, -0.05) is 18.2 Å². The molecule has 0 aromatic heterocycles. The van der Waals surface area contributed by atoms with Crippen molar-refractivity contribution in [3.63, 3.8) is 0 Å². The van der Waals surface area contributed by atoms with Crippen LogP contribution in [0.3, 0.4) is 0 Å². The van der Waals surface area contributed by atoms with Crippen LogP contribution in [0.1, 0.15) is 12.0 Å². The molecule has 3 amide bonds. The van der Waals surface area contributed by atoms with E-state index in [2.05, 4.69) is 5.32 Å². The Balaban J connectivity index is 1.35. The van der Waals surface area contributed by atoms with Crippen LogP contribution in [-0.2, 0) is 10.2 Å². The molecule has 1 saturated heterocycles. The van der Waals surface area contributed by atoms with Gasteiger partial charge in [0.2, 0.25) is 5.91 Å². The Morgan fingerprint density at radius 2 is 1.89 bits per heavy atom. The Hall–Kier alpha value is -3.22. The number of anilines is 2. The predicted molar refractivity (Wildman–Crippen MR) is 104 cm³/mol. The number of fused-ring (bicyclic) bond motifs is 3. The first-order valence-corrected chi connectivity index (χ1v) is 9.42. The van der Waals surface area contributed by atoms with Crippen LogP contribution < -0.4 is 19.7 Å². The molecule has 7 heteroatoms. The number of likely N-dealkylation sites (N-methyl/N-ethyl adjacent to an activating group) is 1. The third-order valence-corrected chi connectivity index (χ3v) is 5.84. The topological polar surface area (TPSA) is 71.1 Å². The zero-order valence-corrected chi connectivity index (χ0v) is 15.6. The SMILES string of the molecule is CN1C(=O)[C@@]2(CCN(C(=O)Nc3ccc4c(c3)OCCO4)C2)c2ccccc21. The van der Waals surface area contributed by atoms with Gasteiger partial charge in [-0.15, -0.1) is 0 Å². The summed E-state index contributed by atoms with van der Waals surface area (Å²) in [4.78, 5) is 29.3. The number of para-hydroxylation sites is 1. The number of carbonyl (C=O) groups is 2. The number of nitrogens with zero attached hydrogens (tertiary/aromatic N) is 2. The van der Waals surface area contributed by atoms with Crippen molar-refractivity contribution in [3.8, 4) is 11.5 Å². The van der Waals surface area contributed by atoms with Gasteiger partial charge in [0, 0.05) is 37.6 Å². The number of nitrogens with one attached hydrogen (secondary N) is 1. The summed E-state index contributed by atoms with van der Waals surface area (Å²) >= 11 is 0. The van der Waals surface area contributed by atoms with Gasteiger partial charge in [-0.25, -0.2) is 4.79 Å². The fraction of sp³-hybridized carbons (Fsp3) is 0.333. The quantitative estimate of drug-likeness (QED) is 0.827. The molecule has 1 fully saturated rings. The summed E-state index contributed by atoms with van der Waals surface area (Å²) in [6.07, 6.45) is 0.627. The van der Waals surface area contributed by atoms with Crippen LogP contribution >= 0.6 is 0 Å². The number of hydrogen-bond donors (Lipinski definition) is 1. The number of rotatable bonds is 1. The molecule has 3 aliphatic rings. The fourth-order valence-corrected chi connectivity index (χ4v) is 4.42. The molecule has 0 unspecified atom stereocenters. The van der Waals surface area contributed by atoms with Crippen LogP contribution in [0.15, 0.2) is 42.5 Å². The van der Waals surface area contributed by atoms with Gasteiger partial charge in [-0.05, 0) is 30.2 Å². The second-order valence-electron chi connectivity index (χ2n) is 7.42. The third-order valence-electron chi connectivity index (χ3n) is 5.84. The summed E-state index contributed by atoms with van der Waals surface area (Å²) in [5, 5.41) is 2.92. The number of amides is 3. The standard InChI is InChI=1S/C21H21N3O4/c1-23-16-5-3-2-4-15(16)21(19(23)25)8-9-24(13-21)20(26)22-14-6-7-17-18(12-14)28-11-10-27-17/h2-7,12H,8-11,13H2,1H3,(H,22,26)/t21-/m1/s1. The van der Waals surface area contributed by atoms with Crippen molar-refractivity contribution in [2.75, 3.05) is 43.6 Å². The van der Waals surface area contributed by atoms with Gasteiger partial charge in [0.05, 0.1) is 5.41 Å². The number of urea groups is 1. The van der Waals surface area contributed by atoms with E-state index in [0.29, 0.717) is 49.9 Å². The maximum atomic E-state index is 13.0. The van der Waals surface area contributed by atoms with E-state index in [9.17, 15) is 9.59 Å². The molecule has 3 heterocycles. The van der Waals surface area contributed by atoms with E-state index in [1.807, 2.05) is 24.3 Å². The largest absolute Gasteiger partial charge is 0.486 e. The van der Waals surface area contributed by atoms with Crippen molar-refractivity contribution in [2.24, 2.45) is 0 Å². The molecule has 1 spiro atoms. The Bertz CT molecular complexity index is 976. The van der Waals surface area contributed by atoms with Crippen LogP contribution in [0, 0.1) is 0 Å². The average Bonchev–Trinajstić information content (AvgIpc) is 3.26. The molecule has 3 aliphatic heterocycles. The zero-order chi connectivity index (χ0) is 19.3. The summed E-state index contributed by atoms with van der Waals surface area (Å²) in [7, 11) is 1.80. The van der Waals surface area contributed by atoms with Crippen LogP contribution in [0.2, 0.25) is 0 Å². The first-order valence-electron chi connectivity index (χ1n) is 9.42. The van der Waals surface area contributed by atoms with E-state index in [1.54, 1.807) is 35.0 Å². The van der Waals surface area contributed by atoms with Crippen LogP contribution in [0.5, 0.6) is 11.5 Å². The molecule has 5 rings (SSSR count). The van der Waals surface area contributed by atoms with E-state index in [1.165, 1.54) is 0 Å². The van der Waals surface area contributed by atoms with E-state index in [4.69, 9.17) is 9.47 Å². The van der Waals surface area contributed by atoms with Crippen molar-refractivity contribution < 1.29 is 19.1 Å². The van der Waals surface area contributed by atoms with Gasteiger partial charge < -0.3 is 24.6 Å². The van der Waals surface area contributed by atoms with Crippen molar-refractivity contribution >= 4 is 23.3 Å². The molecular weight excluding hydrogens is 358 g/mol. The normalized spacial score (nSPS) is 22.5. The molecule has 7 nitrogen and oxygen atoms in total. The lowest BCUT2D eigenvalue weighted by molar-refractivity contribution is -0.122. The van der Waals surface area contributed by atoms with Gasteiger partial charge >= 0.3 is 6.03 Å². The minimum Gasteiger partial charge on any atom is -0.486 e. The van der Waals surface area contributed by atoms with Crippen molar-refractivity contribution in [1.29, 1.82) is 0 Å². The summed E-state index contributed by atoms with van der Waals surface area (Å²) in [6.45, 7) is 1.93. The Labute approximate surface area is 162 Å². The van der Waals surface area contributed by atoms with Crippen LogP contribution in [-0.4, -0.2) is 50.2 Å². The molecular formula is C21H21N3O4. The molecule has 2 aromatic rings. The summed E-state index contributed by atoms with van der Waals surface area (Å²) in [6, 6.07) is 13.0. The zero-order valence-electron chi connectivity index (χ0n) is 15.6. The molecule has 0 radical (unpaired) electrons. The highest BCUT2D eigenvalue weighted by Crippen LogP contribution is 2.46. The lowest BCUT2D eigenvalue weighted by Crippen LogP contribution is -2.42. The summed E-state index contributed by atoms with van der Waals surface area (Å²) < 4.78 is 11.1. The van der Waals surface area contributed by atoms with Crippen molar-refractivity contribution in [1.82, 2.24) is 4.90 Å². The van der Waals surface area contributed by atoms with Gasteiger partial charge in [0.15, 0.2) is 11.5 Å². The lowest BCUT2D eigenvalue weighted by atomic mass is 9.81. The van der Waals surface area contributed by atoms with Crippen molar-refractivity contribution in [2.45, 2.75) is 11.8 Å². The Morgan fingerprint density at radius 3 is 2.75 bits per heavy atom. The van der Waals surface area contributed by atoms with E-state index in [-0.39, 0.29) is 11.9 Å². The number of hydrogen-bond acceptors (Lipinski definition) is 4. The molecule has 0 bridgehead atoms. The summed E-state index contributed by atoms with van der Waals surface area (Å²) in [5.74, 6) is 1.37. The van der Waals surface area contributed by atoms with Gasteiger partial charge in [0.1, 0.15) is 13.2 Å². The highest BCUT2D eigenvalue weighted by atomic mass is 16.6. The first-order chi connectivity index (χ1) is 13.6. The molecule has 0 saturated carbocycles. The van der Waals surface area contributed by atoms with Crippen LogP contribution in [0.4, 0.5) is 16.2 Å². The molecule has 1 N–H and O–H groups in total. The second kappa shape index (κ2) is 6.15. The average molecular weight is 379 g/mol. The van der Waals surface area contributed by atoms with E-state index in [0.717, 1.165) is 11.3 Å². The first kappa shape index (κ1) is 16.9. The highest BCUT2D eigenvalue weighted by Gasteiger charge is 2.54. The van der Waals surface area contributed by atoms with Gasteiger partial charge in [-0.2, -0.15) is 0 Å². The minimum atomic E-state index is -0.643. The number of ether oxygens (including phenoxy) is 2. The lowest BCUT2D eigenvalue weighted by Gasteiger charge is -2.24. The maximum absolute atomic E-state index is 13.0.